The summed E-state index contributed by atoms with van der Waals surface area (Å²) < 4.78 is 13.4. The molecule has 0 aliphatic carbocycles. The van der Waals surface area contributed by atoms with Crippen LogP contribution in [0.15, 0.2) is 164 Å². The summed E-state index contributed by atoms with van der Waals surface area (Å²) in [5.41, 5.74) is 2.27. The van der Waals surface area contributed by atoms with Gasteiger partial charge in [-0.3, -0.25) is 19.3 Å². The minimum atomic E-state index is -1.94. The Morgan fingerprint density at radius 3 is 2.19 bits per heavy atom. The lowest BCUT2D eigenvalue weighted by Crippen LogP contribution is -2.55. The van der Waals surface area contributed by atoms with Gasteiger partial charge in [-0.05, 0) is 65.1 Å². The van der Waals surface area contributed by atoms with E-state index >= 15 is 14.4 Å². The summed E-state index contributed by atoms with van der Waals surface area (Å²) in [5, 5.41) is 16.1. The van der Waals surface area contributed by atoms with E-state index in [-0.39, 0.29) is 24.0 Å². The van der Waals surface area contributed by atoms with Crippen molar-refractivity contribution >= 4 is 56.2 Å². The van der Waals surface area contributed by atoms with Gasteiger partial charge in [0, 0.05) is 0 Å². The van der Waals surface area contributed by atoms with Crippen molar-refractivity contribution in [3.8, 4) is 5.75 Å². The number of hydrogen-bond acceptors (Lipinski definition) is 10. The highest BCUT2D eigenvalue weighted by Crippen LogP contribution is 2.66. The van der Waals surface area contributed by atoms with Crippen LogP contribution in [0.2, 0.25) is 0 Å². The lowest BCUT2D eigenvalue weighted by molar-refractivity contribution is -0.177. The van der Waals surface area contributed by atoms with Gasteiger partial charge in [0.2, 0.25) is 11.8 Å². The van der Waals surface area contributed by atoms with Gasteiger partial charge in [-0.2, -0.15) is 0 Å². The summed E-state index contributed by atoms with van der Waals surface area (Å²) in [7, 11) is 0. The highest BCUT2D eigenvalue weighted by atomic mass is 32.1. The quantitative estimate of drug-likeness (QED) is 0.115. The molecule has 12 nitrogen and oxygen atoms in total. The van der Waals surface area contributed by atoms with E-state index in [9.17, 15) is 9.90 Å². The summed E-state index contributed by atoms with van der Waals surface area (Å²) in [6, 6.07) is 45.7. The molecule has 320 valence electrons. The molecular weight excluding hydrogens is 827 g/mol. The smallest absolute Gasteiger partial charge is 0.329 e. The summed E-state index contributed by atoms with van der Waals surface area (Å²) >= 11 is 1.27. The van der Waals surface area contributed by atoms with Crippen LogP contribution < -0.4 is 20.3 Å². The minimum Gasteiger partial charge on any atom is -0.491 e. The predicted molar refractivity (Wildman–Crippen MR) is 243 cm³/mol. The van der Waals surface area contributed by atoms with Crippen LogP contribution in [-0.2, 0) is 24.5 Å². The van der Waals surface area contributed by atoms with Crippen molar-refractivity contribution in [2.45, 2.75) is 42.6 Å². The van der Waals surface area contributed by atoms with Gasteiger partial charge in [-0.25, -0.2) is 14.7 Å². The number of cyclic esters (lactones) is 1. The van der Waals surface area contributed by atoms with Crippen molar-refractivity contribution in [2.75, 3.05) is 23.4 Å². The number of carbonyl (C=O) groups is 4. The molecule has 1 aromatic heterocycles. The fourth-order valence-corrected chi connectivity index (χ4v) is 10.9. The van der Waals surface area contributed by atoms with Crippen molar-refractivity contribution in [1.29, 1.82) is 0 Å². The molecule has 0 unspecified atom stereocenters. The number of rotatable bonds is 10. The maximum Gasteiger partial charge on any atom is 0.329 e. The topological polar surface area (TPSA) is 150 Å². The number of hydrogen-bond donors (Lipinski definition) is 3. The lowest BCUT2D eigenvalue weighted by atomic mass is 9.65. The summed E-state index contributed by atoms with van der Waals surface area (Å²) in [6.45, 7) is 1.60. The Morgan fingerprint density at radius 1 is 0.797 bits per heavy atom. The number of urea groups is 1. The largest absolute Gasteiger partial charge is 0.491 e. The van der Waals surface area contributed by atoms with Crippen molar-refractivity contribution in [3.63, 3.8) is 0 Å². The molecule has 0 saturated carbocycles. The van der Waals surface area contributed by atoms with Gasteiger partial charge in [0.15, 0.2) is 5.13 Å². The number of para-hydroxylation sites is 2. The first-order valence-electron chi connectivity index (χ1n) is 21.2. The number of morpholine rings is 1. The van der Waals surface area contributed by atoms with E-state index in [0.29, 0.717) is 28.0 Å². The zero-order chi connectivity index (χ0) is 44.0. The van der Waals surface area contributed by atoms with Crippen LogP contribution >= 0.6 is 11.3 Å². The number of ether oxygens (including phenoxy) is 2. The van der Waals surface area contributed by atoms with E-state index in [1.54, 1.807) is 42.5 Å². The van der Waals surface area contributed by atoms with Gasteiger partial charge in [0.25, 0.3) is 0 Å². The third-order valence-corrected chi connectivity index (χ3v) is 13.5. The third kappa shape index (κ3) is 6.80. The number of aromatic nitrogens is 1. The Hall–Kier alpha value is -7.19. The number of fused-ring (bicyclic) bond motifs is 4. The molecule has 1 spiro atoms. The van der Waals surface area contributed by atoms with Crippen molar-refractivity contribution in [1.82, 2.24) is 15.2 Å². The van der Waals surface area contributed by atoms with Gasteiger partial charge < -0.3 is 25.2 Å². The Morgan fingerprint density at radius 2 is 1.45 bits per heavy atom. The van der Waals surface area contributed by atoms with E-state index in [4.69, 9.17) is 14.5 Å². The summed E-state index contributed by atoms with van der Waals surface area (Å²) in [4.78, 5) is 70.1. The van der Waals surface area contributed by atoms with Gasteiger partial charge in [-0.15, -0.1) is 0 Å². The molecule has 7 aromatic rings. The average Bonchev–Trinajstić information content (AvgIpc) is 3.97. The molecule has 2 fully saturated rings. The number of imide groups is 1. The molecule has 13 heteroatoms. The minimum absolute atomic E-state index is 0.00313. The molecule has 6 aromatic carbocycles. The van der Waals surface area contributed by atoms with Gasteiger partial charge in [0.1, 0.15) is 29.9 Å². The van der Waals surface area contributed by atoms with Crippen molar-refractivity contribution in [2.24, 2.45) is 5.92 Å². The van der Waals surface area contributed by atoms with Crippen LogP contribution in [0.25, 0.3) is 10.2 Å². The molecule has 0 radical (unpaired) electrons. The molecule has 7 atom stereocenters. The standard InChI is InChI=1S/C51H43N5O7S/c1-31(32-16-5-2-6-17-32)52-50(61)55-39-26-13-11-24-37(39)51(48(55)60)41(46(58)54-49-53-38-25-12-14-27-40(38)64-49)43-47(59)63-44(34-20-9-4-10-21-34)42(33-18-7-3-8-19-33)56(43)45(51)35-22-15-23-36(30-35)62-29-28-57/h2-27,30-31,41-45,57H,28-29H2,1H3,(H,52,61)(H,53,54,58)/t31-,41+,42+,43+,44-,45-,51+/m1/s1. The van der Waals surface area contributed by atoms with E-state index in [1.165, 1.54) is 11.3 Å². The molecule has 4 heterocycles. The molecule has 3 aliphatic heterocycles. The van der Waals surface area contributed by atoms with Crippen LogP contribution in [0, 0.1) is 5.92 Å². The molecule has 3 aliphatic rings. The molecular formula is C51H43N5O7S. The normalized spacial score (nSPS) is 23.0. The maximum absolute atomic E-state index is 16.4. The molecule has 3 N–H and O–H groups in total. The zero-order valence-electron chi connectivity index (χ0n) is 34.6. The first-order valence-corrected chi connectivity index (χ1v) is 22.0. The van der Waals surface area contributed by atoms with E-state index in [0.717, 1.165) is 20.7 Å². The first-order chi connectivity index (χ1) is 31.3. The number of amides is 4. The lowest BCUT2D eigenvalue weighted by Gasteiger charge is -2.46. The number of thiazole rings is 1. The van der Waals surface area contributed by atoms with Gasteiger partial charge in [-0.1, -0.05) is 145 Å². The summed E-state index contributed by atoms with van der Waals surface area (Å²) in [5.74, 6) is -3.12. The van der Waals surface area contributed by atoms with Crippen LogP contribution in [0.5, 0.6) is 5.75 Å². The van der Waals surface area contributed by atoms with E-state index in [2.05, 4.69) is 10.6 Å². The number of benzene rings is 6. The molecule has 4 amide bonds. The Kier molecular flexibility index (Phi) is 10.7. The van der Waals surface area contributed by atoms with Crippen LogP contribution in [0.1, 0.15) is 59.0 Å². The first kappa shape index (κ1) is 40.9. The second-order valence-electron chi connectivity index (χ2n) is 16.1. The maximum atomic E-state index is 16.4. The highest BCUT2D eigenvalue weighted by molar-refractivity contribution is 7.22. The Balaban J connectivity index is 1.23. The molecule has 0 bridgehead atoms. The van der Waals surface area contributed by atoms with Crippen molar-refractivity contribution in [3.05, 3.63) is 192 Å². The Labute approximate surface area is 373 Å². The fraction of sp³-hybridized carbons (Fsp3) is 0.196. The monoisotopic (exact) mass is 869 g/mol. The summed E-state index contributed by atoms with van der Waals surface area (Å²) in [6.07, 6.45) is -0.885. The molecule has 2 saturated heterocycles. The molecule has 64 heavy (non-hydrogen) atoms. The van der Waals surface area contributed by atoms with Crippen molar-refractivity contribution < 1.29 is 33.8 Å². The molecule has 10 rings (SSSR count). The number of nitrogens with one attached hydrogen (secondary N) is 2. The number of nitrogens with zero attached hydrogens (tertiary/aromatic N) is 3. The predicted octanol–water partition coefficient (Wildman–Crippen LogP) is 8.44. The number of carbonyl (C=O) groups excluding carboxylic acids is 4. The van der Waals surface area contributed by atoms with Gasteiger partial charge >= 0.3 is 12.0 Å². The second-order valence-corrected chi connectivity index (χ2v) is 17.2. The average molecular weight is 870 g/mol. The van der Waals surface area contributed by atoms with E-state index in [1.807, 2.05) is 133 Å². The zero-order valence-corrected chi connectivity index (χ0v) is 35.4. The second kappa shape index (κ2) is 16.8. The number of esters is 1. The van der Waals surface area contributed by atoms with Crippen LogP contribution in [0.4, 0.5) is 15.6 Å². The number of aliphatic hydroxyl groups excluding tert-OH is 1. The number of anilines is 2. The SMILES string of the molecule is C[C@@H](NC(=O)N1C(=O)[C@@]2(c3ccccc31)[C@H](C(=O)Nc1nc3ccccc3s1)[C@H]1C(=O)O[C@H](c3ccccc3)[C@H](c3ccccc3)N1[C@@H]2c1cccc(OCCO)c1)c1ccccc1. The number of aliphatic hydroxyl groups is 1. The third-order valence-electron chi connectivity index (χ3n) is 12.5. The highest BCUT2D eigenvalue weighted by Gasteiger charge is 2.75. The Bertz CT molecular complexity index is 2850. The van der Waals surface area contributed by atoms with Crippen LogP contribution in [0.3, 0.4) is 0 Å². The fourth-order valence-electron chi connectivity index (χ4n) is 9.99. The van der Waals surface area contributed by atoms with Gasteiger partial charge in [0.05, 0.1) is 46.6 Å². The van der Waals surface area contributed by atoms with Crippen LogP contribution in [-0.4, -0.2) is 58.1 Å². The van der Waals surface area contributed by atoms with E-state index < -0.39 is 65.4 Å².